The number of anilines is 1. The van der Waals surface area contributed by atoms with Gasteiger partial charge < -0.3 is 15.8 Å². The Kier molecular flexibility index (Phi) is 5.75. The van der Waals surface area contributed by atoms with Gasteiger partial charge in [-0.15, -0.1) is 0 Å². The van der Waals surface area contributed by atoms with Gasteiger partial charge in [0.25, 0.3) is 0 Å². The summed E-state index contributed by atoms with van der Waals surface area (Å²) in [6.45, 7) is 6.01. The van der Waals surface area contributed by atoms with E-state index < -0.39 is 5.60 Å². The van der Waals surface area contributed by atoms with E-state index >= 15 is 0 Å². The molecular weight excluding hydrogens is 252 g/mol. The number of ether oxygens (including phenoxy) is 1. The number of nitrogens with one attached hydrogen (secondary N) is 1. The average Bonchev–Trinajstić information content (AvgIpc) is 2.38. The summed E-state index contributed by atoms with van der Waals surface area (Å²) in [5.74, 6) is 5.68. The molecular formula is C16H22N2O2. The molecule has 0 aliphatic carbocycles. The highest BCUT2D eigenvalue weighted by Gasteiger charge is 2.21. The van der Waals surface area contributed by atoms with Crippen LogP contribution >= 0.6 is 0 Å². The minimum atomic E-state index is -0.488. The van der Waals surface area contributed by atoms with E-state index in [9.17, 15) is 4.79 Å². The standard InChI is InChI=1S/C16H22N2O2/c1-12-7-8-14(13(10-12)6-5-9-17)18-15(19)11-16(2,3)20-4/h7-8,10H,9,11,17H2,1-4H3,(H,18,19). The fourth-order valence-electron chi connectivity index (χ4n) is 1.67. The molecule has 0 aliphatic heterocycles. The SMILES string of the molecule is COC(C)(C)CC(=O)Nc1ccc(C)cc1C#CCN. The van der Waals surface area contributed by atoms with Gasteiger partial charge in [0.1, 0.15) is 0 Å². The molecule has 0 saturated heterocycles. The molecule has 3 N–H and O–H groups in total. The van der Waals surface area contributed by atoms with Crippen LogP contribution in [0.3, 0.4) is 0 Å². The number of rotatable bonds is 4. The predicted molar refractivity (Wildman–Crippen MR) is 81.4 cm³/mol. The number of carbonyl (C=O) groups excluding carboxylic acids is 1. The first-order valence-electron chi connectivity index (χ1n) is 6.52. The van der Waals surface area contributed by atoms with Crippen molar-refractivity contribution in [3.63, 3.8) is 0 Å². The number of carbonyl (C=O) groups is 1. The van der Waals surface area contributed by atoms with Gasteiger partial charge in [-0.2, -0.15) is 0 Å². The van der Waals surface area contributed by atoms with Crippen LogP contribution in [0, 0.1) is 18.8 Å². The van der Waals surface area contributed by atoms with Crippen LogP contribution in [0.2, 0.25) is 0 Å². The van der Waals surface area contributed by atoms with E-state index in [0.717, 1.165) is 11.1 Å². The Balaban J connectivity index is 2.89. The van der Waals surface area contributed by atoms with Crippen molar-refractivity contribution in [2.24, 2.45) is 5.73 Å². The summed E-state index contributed by atoms with van der Waals surface area (Å²) in [7, 11) is 1.59. The first kappa shape index (κ1) is 16.2. The number of nitrogens with two attached hydrogens (primary N) is 1. The zero-order chi connectivity index (χ0) is 15.2. The van der Waals surface area contributed by atoms with Crippen molar-refractivity contribution in [3.8, 4) is 11.8 Å². The van der Waals surface area contributed by atoms with E-state index in [4.69, 9.17) is 10.5 Å². The number of methoxy groups -OCH3 is 1. The molecule has 0 aromatic heterocycles. The molecule has 0 spiro atoms. The maximum absolute atomic E-state index is 12.0. The predicted octanol–water partition coefficient (Wildman–Crippen LogP) is 2.06. The van der Waals surface area contributed by atoms with Crippen molar-refractivity contribution in [1.29, 1.82) is 0 Å². The van der Waals surface area contributed by atoms with Crippen LogP contribution in [0.4, 0.5) is 5.69 Å². The van der Waals surface area contributed by atoms with Crippen molar-refractivity contribution in [1.82, 2.24) is 0 Å². The first-order valence-corrected chi connectivity index (χ1v) is 6.52. The van der Waals surface area contributed by atoms with Crippen LogP contribution in [0.1, 0.15) is 31.4 Å². The summed E-state index contributed by atoms with van der Waals surface area (Å²) in [5.41, 5.74) is 7.47. The minimum Gasteiger partial charge on any atom is -0.378 e. The molecule has 0 unspecified atom stereocenters. The summed E-state index contributed by atoms with van der Waals surface area (Å²) in [4.78, 5) is 12.0. The molecule has 0 aliphatic rings. The van der Waals surface area contributed by atoms with Crippen LogP contribution in [0.25, 0.3) is 0 Å². The van der Waals surface area contributed by atoms with Crippen molar-refractivity contribution in [2.75, 3.05) is 19.0 Å². The third-order valence-corrected chi connectivity index (χ3v) is 2.91. The summed E-state index contributed by atoms with van der Waals surface area (Å²) in [6.07, 6.45) is 0.279. The fraction of sp³-hybridized carbons (Fsp3) is 0.438. The topological polar surface area (TPSA) is 64.3 Å². The zero-order valence-corrected chi connectivity index (χ0v) is 12.5. The first-order chi connectivity index (χ1) is 9.38. The molecule has 0 radical (unpaired) electrons. The Labute approximate surface area is 120 Å². The molecule has 4 heteroatoms. The highest BCUT2D eigenvalue weighted by Crippen LogP contribution is 2.19. The van der Waals surface area contributed by atoms with Crippen LogP contribution in [-0.4, -0.2) is 25.2 Å². The van der Waals surface area contributed by atoms with Gasteiger partial charge in [0.15, 0.2) is 0 Å². The van der Waals surface area contributed by atoms with Gasteiger partial charge in [0.2, 0.25) is 5.91 Å². The van der Waals surface area contributed by atoms with E-state index in [1.54, 1.807) is 7.11 Å². The molecule has 1 aromatic carbocycles. The Morgan fingerprint density at radius 1 is 1.45 bits per heavy atom. The van der Waals surface area contributed by atoms with Crippen molar-refractivity contribution >= 4 is 11.6 Å². The third kappa shape index (κ3) is 5.04. The van der Waals surface area contributed by atoms with Gasteiger partial charge in [-0.3, -0.25) is 4.79 Å². The molecule has 1 aromatic rings. The maximum Gasteiger partial charge on any atom is 0.227 e. The lowest BCUT2D eigenvalue weighted by atomic mass is 10.0. The van der Waals surface area contributed by atoms with Crippen LogP contribution in [0.15, 0.2) is 18.2 Å². The number of hydrogen-bond acceptors (Lipinski definition) is 3. The molecule has 108 valence electrons. The third-order valence-electron chi connectivity index (χ3n) is 2.91. The zero-order valence-electron chi connectivity index (χ0n) is 12.5. The molecule has 1 amide bonds. The smallest absolute Gasteiger partial charge is 0.227 e. The Hall–Kier alpha value is -1.83. The second-order valence-electron chi connectivity index (χ2n) is 5.24. The van der Waals surface area contributed by atoms with Crippen molar-refractivity contribution in [3.05, 3.63) is 29.3 Å². The molecule has 0 fully saturated rings. The van der Waals surface area contributed by atoms with E-state index in [1.165, 1.54) is 0 Å². The monoisotopic (exact) mass is 274 g/mol. The second-order valence-corrected chi connectivity index (χ2v) is 5.24. The summed E-state index contributed by atoms with van der Waals surface area (Å²) >= 11 is 0. The number of amides is 1. The second kappa shape index (κ2) is 7.09. The Bertz CT molecular complexity index is 539. The van der Waals surface area contributed by atoms with Gasteiger partial charge in [0.05, 0.1) is 24.3 Å². The van der Waals surface area contributed by atoms with E-state index in [0.29, 0.717) is 5.69 Å². The van der Waals surface area contributed by atoms with Gasteiger partial charge in [0, 0.05) is 12.7 Å². The van der Waals surface area contributed by atoms with Crippen molar-refractivity contribution < 1.29 is 9.53 Å². The molecule has 4 nitrogen and oxygen atoms in total. The van der Waals surface area contributed by atoms with Crippen LogP contribution < -0.4 is 11.1 Å². The Morgan fingerprint density at radius 2 is 2.15 bits per heavy atom. The van der Waals surface area contributed by atoms with Gasteiger partial charge in [-0.05, 0) is 38.5 Å². The lowest BCUT2D eigenvalue weighted by Crippen LogP contribution is -2.29. The lowest BCUT2D eigenvalue weighted by Gasteiger charge is -2.22. The average molecular weight is 274 g/mol. The molecule has 0 atom stereocenters. The highest BCUT2D eigenvalue weighted by atomic mass is 16.5. The van der Waals surface area contributed by atoms with Gasteiger partial charge >= 0.3 is 0 Å². The quantitative estimate of drug-likeness (QED) is 0.826. The number of benzene rings is 1. The lowest BCUT2D eigenvalue weighted by molar-refractivity contribution is -0.121. The van der Waals surface area contributed by atoms with Gasteiger partial charge in [-0.1, -0.05) is 17.9 Å². The summed E-state index contributed by atoms with van der Waals surface area (Å²) in [6, 6.07) is 5.72. The van der Waals surface area contributed by atoms with Gasteiger partial charge in [-0.25, -0.2) is 0 Å². The molecule has 20 heavy (non-hydrogen) atoms. The van der Waals surface area contributed by atoms with Crippen LogP contribution in [0.5, 0.6) is 0 Å². The highest BCUT2D eigenvalue weighted by molar-refractivity contribution is 5.92. The van der Waals surface area contributed by atoms with E-state index in [1.807, 2.05) is 39.0 Å². The van der Waals surface area contributed by atoms with E-state index in [-0.39, 0.29) is 18.9 Å². The summed E-state index contributed by atoms with van der Waals surface area (Å²) in [5, 5.41) is 2.87. The van der Waals surface area contributed by atoms with Crippen LogP contribution in [-0.2, 0) is 9.53 Å². The molecule has 0 saturated carbocycles. The summed E-state index contributed by atoms with van der Waals surface area (Å²) < 4.78 is 5.25. The largest absolute Gasteiger partial charge is 0.378 e. The number of hydrogen-bond donors (Lipinski definition) is 2. The van der Waals surface area contributed by atoms with Crippen molar-refractivity contribution in [2.45, 2.75) is 32.8 Å². The fourth-order valence-corrected chi connectivity index (χ4v) is 1.67. The normalized spacial score (nSPS) is 10.7. The van der Waals surface area contributed by atoms with E-state index in [2.05, 4.69) is 17.2 Å². The molecule has 0 heterocycles. The molecule has 0 bridgehead atoms. The Morgan fingerprint density at radius 3 is 2.75 bits per heavy atom. The number of aryl methyl sites for hydroxylation is 1. The molecule has 1 rings (SSSR count). The minimum absolute atomic E-state index is 0.100. The maximum atomic E-state index is 12.0.